The summed E-state index contributed by atoms with van der Waals surface area (Å²) in [6, 6.07) is 5.42. The molecule has 1 amide bonds. The van der Waals surface area contributed by atoms with Crippen LogP contribution in [0, 0.1) is 5.82 Å². The molecule has 0 saturated heterocycles. The molecule has 78 valence electrons. The number of rotatable bonds is 1. The third-order valence-electron chi connectivity index (χ3n) is 1.91. The number of carbonyl (C=O) groups is 1. The largest absolute Gasteiger partial charge is 0.301 e. The second-order valence-corrected chi connectivity index (χ2v) is 4.08. The van der Waals surface area contributed by atoms with Crippen molar-refractivity contribution < 1.29 is 9.18 Å². The van der Waals surface area contributed by atoms with E-state index in [1.165, 1.54) is 36.0 Å². The van der Waals surface area contributed by atoms with Gasteiger partial charge in [0.05, 0.1) is 6.54 Å². The second kappa shape index (κ2) is 4.44. The summed E-state index contributed by atoms with van der Waals surface area (Å²) in [6.45, 7) is 0.740. The Balaban J connectivity index is 2.04. The lowest BCUT2D eigenvalue weighted by Gasteiger charge is -2.03. The molecule has 1 aliphatic rings. The maximum Gasteiger partial charge on any atom is 0.257 e. The van der Waals surface area contributed by atoms with Crippen LogP contribution in [0.1, 0.15) is 10.4 Å². The number of amides is 1. The normalized spacial score (nSPS) is 14.9. The van der Waals surface area contributed by atoms with E-state index in [1.54, 1.807) is 0 Å². The maximum atomic E-state index is 12.6. The van der Waals surface area contributed by atoms with Gasteiger partial charge >= 0.3 is 0 Å². The zero-order valence-electron chi connectivity index (χ0n) is 7.87. The van der Waals surface area contributed by atoms with Crippen LogP contribution in [0.3, 0.4) is 0 Å². The lowest BCUT2D eigenvalue weighted by atomic mass is 10.2. The van der Waals surface area contributed by atoms with E-state index in [0.717, 1.165) is 12.3 Å². The number of carbonyl (C=O) groups excluding carboxylic acids is 1. The number of nitrogens with zero attached hydrogens (tertiary/aromatic N) is 1. The van der Waals surface area contributed by atoms with Crippen molar-refractivity contribution in [2.75, 3.05) is 12.3 Å². The number of nitrogens with one attached hydrogen (secondary N) is 1. The highest BCUT2D eigenvalue weighted by Crippen LogP contribution is 2.10. The summed E-state index contributed by atoms with van der Waals surface area (Å²) in [4.78, 5) is 15.7. The van der Waals surface area contributed by atoms with Crippen LogP contribution < -0.4 is 5.32 Å². The Bertz CT molecular complexity index is 402. The smallest absolute Gasteiger partial charge is 0.257 e. The summed E-state index contributed by atoms with van der Waals surface area (Å²) < 4.78 is 12.6. The van der Waals surface area contributed by atoms with Gasteiger partial charge in [0.25, 0.3) is 5.91 Å². The fraction of sp³-hybridized carbons (Fsp3) is 0.200. The van der Waals surface area contributed by atoms with E-state index < -0.39 is 0 Å². The standard InChI is InChI=1S/C10H9FN2OS/c11-8-3-1-7(2-4-8)9(14)13-10-12-5-6-15-10/h1-4H,5-6H2,(H,12,13,14). The average Bonchev–Trinajstić information content (AvgIpc) is 2.71. The molecule has 0 saturated carbocycles. The van der Waals surface area contributed by atoms with Crippen LogP contribution in [-0.4, -0.2) is 23.4 Å². The number of halogens is 1. The SMILES string of the molecule is O=C(NC1=NCCS1)c1ccc(F)cc1. The van der Waals surface area contributed by atoms with Crippen LogP contribution in [-0.2, 0) is 0 Å². The van der Waals surface area contributed by atoms with Crippen molar-refractivity contribution in [3.05, 3.63) is 35.6 Å². The number of aliphatic imine (C=N–C) groups is 1. The zero-order chi connectivity index (χ0) is 10.7. The Morgan fingerprint density at radius 3 is 2.73 bits per heavy atom. The van der Waals surface area contributed by atoms with Gasteiger partial charge in [0.2, 0.25) is 0 Å². The highest BCUT2D eigenvalue weighted by atomic mass is 32.2. The molecular weight excluding hydrogens is 215 g/mol. The minimum Gasteiger partial charge on any atom is -0.301 e. The molecule has 0 fully saturated rings. The van der Waals surface area contributed by atoms with E-state index in [4.69, 9.17) is 0 Å². The molecule has 0 bridgehead atoms. The van der Waals surface area contributed by atoms with Gasteiger partial charge in [-0.3, -0.25) is 9.79 Å². The Morgan fingerprint density at radius 1 is 1.40 bits per heavy atom. The van der Waals surface area contributed by atoms with Crippen LogP contribution in [0.15, 0.2) is 29.3 Å². The van der Waals surface area contributed by atoms with E-state index in [1.807, 2.05) is 0 Å². The molecule has 0 aliphatic carbocycles. The van der Waals surface area contributed by atoms with Crippen LogP contribution in [0.25, 0.3) is 0 Å². The molecule has 1 heterocycles. The van der Waals surface area contributed by atoms with Crippen molar-refractivity contribution in [2.24, 2.45) is 4.99 Å². The molecule has 0 radical (unpaired) electrons. The highest BCUT2D eigenvalue weighted by Gasteiger charge is 2.12. The molecule has 1 aromatic rings. The topological polar surface area (TPSA) is 41.5 Å². The number of amidine groups is 1. The highest BCUT2D eigenvalue weighted by molar-refractivity contribution is 8.14. The van der Waals surface area contributed by atoms with Crippen LogP contribution in [0.2, 0.25) is 0 Å². The third-order valence-corrected chi connectivity index (χ3v) is 2.80. The minimum absolute atomic E-state index is 0.247. The van der Waals surface area contributed by atoms with Gasteiger partial charge < -0.3 is 5.32 Å². The Morgan fingerprint density at radius 2 is 2.13 bits per heavy atom. The molecule has 15 heavy (non-hydrogen) atoms. The fourth-order valence-corrected chi connectivity index (χ4v) is 1.90. The first-order valence-electron chi connectivity index (χ1n) is 4.50. The lowest BCUT2D eigenvalue weighted by Crippen LogP contribution is -2.27. The molecule has 1 aliphatic heterocycles. The molecule has 0 unspecified atom stereocenters. The number of thioether (sulfide) groups is 1. The molecule has 1 N–H and O–H groups in total. The number of hydrogen-bond donors (Lipinski definition) is 1. The summed E-state index contributed by atoms with van der Waals surface area (Å²) in [5.74, 6) is 0.307. The maximum absolute atomic E-state index is 12.6. The van der Waals surface area contributed by atoms with Gasteiger partial charge in [0.15, 0.2) is 5.17 Å². The van der Waals surface area contributed by atoms with Crippen LogP contribution >= 0.6 is 11.8 Å². The molecule has 0 spiro atoms. The Kier molecular flexibility index (Phi) is 3.01. The first-order valence-corrected chi connectivity index (χ1v) is 5.48. The summed E-state index contributed by atoms with van der Waals surface area (Å²) in [6.07, 6.45) is 0. The van der Waals surface area contributed by atoms with Gasteiger partial charge in [-0.2, -0.15) is 0 Å². The lowest BCUT2D eigenvalue weighted by molar-refractivity contribution is 0.0978. The second-order valence-electron chi connectivity index (χ2n) is 3.00. The quantitative estimate of drug-likeness (QED) is 0.788. The van der Waals surface area contributed by atoms with Crippen molar-refractivity contribution in [3.63, 3.8) is 0 Å². The number of hydrogen-bond acceptors (Lipinski definition) is 3. The first kappa shape index (κ1) is 10.2. The van der Waals surface area contributed by atoms with Gasteiger partial charge in [-0.1, -0.05) is 11.8 Å². The van der Waals surface area contributed by atoms with Crippen LogP contribution in [0.5, 0.6) is 0 Å². The van der Waals surface area contributed by atoms with E-state index in [-0.39, 0.29) is 11.7 Å². The van der Waals surface area contributed by atoms with Gasteiger partial charge in [0.1, 0.15) is 5.82 Å². The van der Waals surface area contributed by atoms with E-state index in [0.29, 0.717) is 10.7 Å². The molecule has 1 aromatic carbocycles. The van der Waals surface area contributed by atoms with Gasteiger partial charge in [-0.15, -0.1) is 0 Å². The van der Waals surface area contributed by atoms with Crippen molar-refractivity contribution >= 4 is 22.8 Å². The fourth-order valence-electron chi connectivity index (χ4n) is 1.18. The van der Waals surface area contributed by atoms with E-state index in [9.17, 15) is 9.18 Å². The van der Waals surface area contributed by atoms with E-state index in [2.05, 4.69) is 10.3 Å². The molecule has 3 nitrogen and oxygen atoms in total. The first-order chi connectivity index (χ1) is 7.25. The van der Waals surface area contributed by atoms with Gasteiger partial charge in [-0.05, 0) is 24.3 Å². The van der Waals surface area contributed by atoms with Crippen molar-refractivity contribution in [2.45, 2.75) is 0 Å². The van der Waals surface area contributed by atoms with Crippen molar-refractivity contribution in [1.29, 1.82) is 0 Å². The van der Waals surface area contributed by atoms with E-state index >= 15 is 0 Å². The Labute approximate surface area is 90.8 Å². The molecular formula is C10H9FN2OS. The molecule has 2 rings (SSSR count). The van der Waals surface area contributed by atoms with Crippen molar-refractivity contribution in [1.82, 2.24) is 5.32 Å². The monoisotopic (exact) mass is 224 g/mol. The van der Waals surface area contributed by atoms with Crippen LogP contribution in [0.4, 0.5) is 4.39 Å². The summed E-state index contributed by atoms with van der Waals surface area (Å²) >= 11 is 1.51. The molecule has 0 atom stereocenters. The molecule has 0 aromatic heterocycles. The predicted molar refractivity (Wildman–Crippen MR) is 58.6 cm³/mol. The Hall–Kier alpha value is -1.36. The summed E-state index contributed by atoms with van der Waals surface area (Å²) in [5, 5.41) is 3.31. The average molecular weight is 224 g/mol. The number of benzene rings is 1. The zero-order valence-corrected chi connectivity index (χ0v) is 8.68. The predicted octanol–water partition coefficient (Wildman–Crippen LogP) is 1.66. The van der Waals surface area contributed by atoms with Gasteiger partial charge in [-0.25, -0.2) is 4.39 Å². The van der Waals surface area contributed by atoms with Crippen molar-refractivity contribution in [3.8, 4) is 0 Å². The summed E-state index contributed by atoms with van der Waals surface area (Å²) in [5.41, 5.74) is 0.437. The van der Waals surface area contributed by atoms with Gasteiger partial charge in [0, 0.05) is 11.3 Å². The minimum atomic E-state index is -0.348. The third kappa shape index (κ3) is 2.56. The summed E-state index contributed by atoms with van der Waals surface area (Å²) in [7, 11) is 0. The molecule has 5 heteroatoms.